The molecular formula is C22H26N6OS. The van der Waals surface area contributed by atoms with Crippen LogP contribution in [0.1, 0.15) is 26.9 Å². The van der Waals surface area contributed by atoms with Gasteiger partial charge in [0.2, 0.25) is 0 Å². The number of nitrogens with one attached hydrogen (secondary N) is 1. The first-order valence-electron chi connectivity index (χ1n) is 9.90. The number of hydrogen-bond acceptors (Lipinski definition) is 5. The zero-order valence-electron chi connectivity index (χ0n) is 17.7. The molecule has 4 aromatic rings. The molecule has 0 bridgehead atoms. The second-order valence-corrected chi connectivity index (χ2v) is 8.68. The zero-order valence-corrected chi connectivity index (χ0v) is 18.5. The Bertz CT molecular complexity index is 1190. The zero-order chi connectivity index (χ0) is 21.3. The average Bonchev–Trinajstić information content (AvgIpc) is 3.39. The monoisotopic (exact) mass is 422 g/mol. The molecule has 0 radical (unpaired) electrons. The van der Waals surface area contributed by atoms with Gasteiger partial charge in [-0.25, -0.2) is 9.97 Å². The number of likely N-dealkylation sites (N-methyl/N-ethyl adjacent to an activating group) is 1. The predicted molar refractivity (Wildman–Crippen MR) is 120 cm³/mol. The van der Waals surface area contributed by atoms with Crippen LogP contribution in [0.5, 0.6) is 0 Å². The molecule has 0 aliphatic rings. The van der Waals surface area contributed by atoms with Crippen LogP contribution >= 0.6 is 11.3 Å². The minimum Gasteiger partial charge on any atom is -0.351 e. The van der Waals surface area contributed by atoms with E-state index in [0.29, 0.717) is 18.7 Å². The standard InChI is InChI=1S/C22H26N6OS/c1-15-24-19(13-27(15)12-17-14-30-16(2)25-17)21-11-18(20-7-5-6-9-28(20)21)22(29)23-8-10-26(3)4/h5-7,9,11,13-14H,8,10,12H2,1-4H3,(H,23,29). The maximum Gasteiger partial charge on any atom is 0.253 e. The number of aromatic nitrogens is 4. The molecule has 0 spiro atoms. The second-order valence-electron chi connectivity index (χ2n) is 7.62. The lowest BCUT2D eigenvalue weighted by molar-refractivity contribution is 0.0953. The Hall–Kier alpha value is -2.97. The number of hydrogen-bond donors (Lipinski definition) is 1. The number of aryl methyl sites for hydroxylation is 2. The summed E-state index contributed by atoms with van der Waals surface area (Å²) in [5.41, 5.74) is 4.31. The Kier molecular flexibility index (Phi) is 5.69. The van der Waals surface area contributed by atoms with Gasteiger partial charge in [-0.15, -0.1) is 11.3 Å². The molecule has 7 nitrogen and oxygen atoms in total. The smallest absolute Gasteiger partial charge is 0.253 e. The Morgan fingerprint density at radius 2 is 2.07 bits per heavy atom. The van der Waals surface area contributed by atoms with Crippen LogP contribution in [0.15, 0.2) is 42.0 Å². The van der Waals surface area contributed by atoms with Crippen LogP contribution in [0.2, 0.25) is 0 Å². The number of pyridine rings is 1. The van der Waals surface area contributed by atoms with E-state index in [1.807, 2.05) is 73.9 Å². The molecule has 8 heteroatoms. The van der Waals surface area contributed by atoms with Gasteiger partial charge < -0.3 is 19.2 Å². The van der Waals surface area contributed by atoms with Gasteiger partial charge in [0.15, 0.2) is 0 Å². The van der Waals surface area contributed by atoms with Gasteiger partial charge in [0.1, 0.15) is 11.5 Å². The molecule has 0 saturated heterocycles. The molecule has 0 fully saturated rings. The first kappa shape index (κ1) is 20.3. The van der Waals surface area contributed by atoms with E-state index in [4.69, 9.17) is 4.98 Å². The lowest BCUT2D eigenvalue weighted by Crippen LogP contribution is -2.31. The molecule has 1 N–H and O–H groups in total. The summed E-state index contributed by atoms with van der Waals surface area (Å²) >= 11 is 1.65. The van der Waals surface area contributed by atoms with E-state index < -0.39 is 0 Å². The van der Waals surface area contributed by atoms with Crippen LogP contribution in [0.25, 0.3) is 16.9 Å². The Morgan fingerprint density at radius 1 is 1.23 bits per heavy atom. The molecule has 30 heavy (non-hydrogen) atoms. The highest BCUT2D eigenvalue weighted by atomic mass is 32.1. The van der Waals surface area contributed by atoms with Crippen LogP contribution in [-0.4, -0.2) is 56.9 Å². The molecule has 4 rings (SSSR count). The van der Waals surface area contributed by atoms with E-state index in [1.54, 1.807) is 11.3 Å². The molecule has 0 aliphatic carbocycles. The number of carbonyl (C=O) groups excluding carboxylic acids is 1. The van der Waals surface area contributed by atoms with Crippen molar-refractivity contribution in [3.05, 3.63) is 64.1 Å². The number of imidazole rings is 1. The van der Waals surface area contributed by atoms with Crippen molar-refractivity contribution < 1.29 is 4.79 Å². The number of nitrogens with zero attached hydrogens (tertiary/aromatic N) is 5. The first-order chi connectivity index (χ1) is 14.4. The number of carbonyl (C=O) groups is 1. The summed E-state index contributed by atoms with van der Waals surface area (Å²) in [6, 6.07) is 7.81. The molecule has 0 atom stereocenters. The van der Waals surface area contributed by atoms with Crippen molar-refractivity contribution in [2.75, 3.05) is 27.2 Å². The average molecular weight is 423 g/mol. The fraction of sp³-hybridized carbons (Fsp3) is 0.318. The van der Waals surface area contributed by atoms with Crippen LogP contribution in [0.4, 0.5) is 0 Å². The van der Waals surface area contributed by atoms with Gasteiger partial charge in [0.05, 0.1) is 34.0 Å². The lowest BCUT2D eigenvalue weighted by atomic mass is 10.2. The Balaban J connectivity index is 1.66. The van der Waals surface area contributed by atoms with E-state index in [-0.39, 0.29) is 5.91 Å². The van der Waals surface area contributed by atoms with E-state index in [1.165, 1.54) is 0 Å². The number of fused-ring (bicyclic) bond motifs is 1. The number of amides is 1. The first-order valence-corrected chi connectivity index (χ1v) is 10.8. The van der Waals surface area contributed by atoms with Gasteiger partial charge in [0, 0.05) is 30.9 Å². The van der Waals surface area contributed by atoms with E-state index in [0.717, 1.165) is 40.0 Å². The van der Waals surface area contributed by atoms with Crippen molar-refractivity contribution in [2.24, 2.45) is 0 Å². The number of thiazole rings is 1. The van der Waals surface area contributed by atoms with E-state index in [9.17, 15) is 4.79 Å². The van der Waals surface area contributed by atoms with Crippen molar-refractivity contribution in [1.29, 1.82) is 0 Å². The van der Waals surface area contributed by atoms with Crippen molar-refractivity contribution in [1.82, 2.24) is 29.2 Å². The maximum absolute atomic E-state index is 12.8. The summed E-state index contributed by atoms with van der Waals surface area (Å²) in [6.07, 6.45) is 4.01. The molecule has 4 heterocycles. The lowest BCUT2D eigenvalue weighted by Gasteiger charge is -2.10. The molecular weight excluding hydrogens is 396 g/mol. The summed E-state index contributed by atoms with van der Waals surface area (Å²) in [4.78, 5) is 24.2. The quantitative estimate of drug-likeness (QED) is 0.497. The molecule has 156 valence electrons. The molecule has 0 aromatic carbocycles. The minimum atomic E-state index is -0.0686. The molecule has 4 aromatic heterocycles. The third-order valence-corrected chi connectivity index (χ3v) is 5.83. The van der Waals surface area contributed by atoms with E-state index in [2.05, 4.69) is 20.2 Å². The molecule has 0 aliphatic heterocycles. The van der Waals surface area contributed by atoms with Gasteiger partial charge in [-0.2, -0.15) is 0 Å². The molecule has 1 amide bonds. The summed E-state index contributed by atoms with van der Waals surface area (Å²) in [7, 11) is 3.98. The highest BCUT2D eigenvalue weighted by molar-refractivity contribution is 7.09. The predicted octanol–water partition coefficient (Wildman–Crippen LogP) is 3.22. The molecule has 0 saturated carbocycles. The van der Waals surface area contributed by atoms with Crippen LogP contribution in [0, 0.1) is 13.8 Å². The van der Waals surface area contributed by atoms with Crippen LogP contribution < -0.4 is 5.32 Å². The third-order valence-electron chi connectivity index (χ3n) is 5.00. The Labute approximate surface area is 180 Å². The minimum absolute atomic E-state index is 0.0686. The fourth-order valence-corrected chi connectivity index (χ4v) is 4.07. The van der Waals surface area contributed by atoms with Crippen LogP contribution in [0.3, 0.4) is 0 Å². The summed E-state index contributed by atoms with van der Waals surface area (Å²) in [6.45, 7) is 6.09. The number of rotatable bonds is 7. The topological polar surface area (TPSA) is 67.5 Å². The molecule has 0 unspecified atom stereocenters. The van der Waals surface area contributed by atoms with Crippen LogP contribution in [-0.2, 0) is 6.54 Å². The summed E-state index contributed by atoms with van der Waals surface area (Å²) in [5, 5.41) is 6.15. The normalized spacial score (nSPS) is 11.5. The van der Waals surface area contributed by atoms with Crippen molar-refractivity contribution in [3.63, 3.8) is 0 Å². The second kappa shape index (κ2) is 8.41. The Morgan fingerprint density at radius 3 is 2.80 bits per heavy atom. The van der Waals surface area contributed by atoms with Gasteiger partial charge in [-0.3, -0.25) is 4.79 Å². The van der Waals surface area contributed by atoms with Crippen molar-refractivity contribution >= 4 is 22.8 Å². The SMILES string of the molecule is Cc1nc(Cn2cc(-c3cc(C(=O)NCCN(C)C)c4ccccn34)nc2C)cs1. The third kappa shape index (κ3) is 4.15. The van der Waals surface area contributed by atoms with Gasteiger partial charge in [0.25, 0.3) is 5.91 Å². The highest BCUT2D eigenvalue weighted by Crippen LogP contribution is 2.26. The summed E-state index contributed by atoms with van der Waals surface area (Å²) in [5.74, 6) is 0.847. The van der Waals surface area contributed by atoms with E-state index >= 15 is 0 Å². The highest BCUT2D eigenvalue weighted by Gasteiger charge is 2.18. The van der Waals surface area contributed by atoms with Gasteiger partial charge >= 0.3 is 0 Å². The maximum atomic E-state index is 12.8. The largest absolute Gasteiger partial charge is 0.351 e. The van der Waals surface area contributed by atoms with Crippen molar-refractivity contribution in [2.45, 2.75) is 20.4 Å². The van der Waals surface area contributed by atoms with Gasteiger partial charge in [-0.1, -0.05) is 6.07 Å². The van der Waals surface area contributed by atoms with Gasteiger partial charge in [-0.05, 0) is 46.1 Å². The summed E-state index contributed by atoms with van der Waals surface area (Å²) < 4.78 is 4.13. The van der Waals surface area contributed by atoms with Crippen molar-refractivity contribution in [3.8, 4) is 11.4 Å². The fourth-order valence-electron chi connectivity index (χ4n) is 3.47.